The van der Waals surface area contributed by atoms with Crippen LogP contribution in [-0.2, 0) is 4.79 Å². The molecular formula is C19H14ClF2N3O2S. The first-order valence-electron chi connectivity index (χ1n) is 8.50. The van der Waals surface area contributed by atoms with Crippen LogP contribution in [0.25, 0.3) is 21.6 Å². The molecule has 5 nitrogen and oxygen atoms in total. The van der Waals surface area contributed by atoms with Crippen LogP contribution in [0.5, 0.6) is 0 Å². The molecule has 28 heavy (non-hydrogen) atoms. The molecule has 0 saturated carbocycles. The van der Waals surface area contributed by atoms with Gasteiger partial charge in [0.15, 0.2) is 11.6 Å². The molecule has 0 atom stereocenters. The summed E-state index contributed by atoms with van der Waals surface area (Å²) in [7, 11) is 0. The maximum atomic E-state index is 14.4. The van der Waals surface area contributed by atoms with Crippen LogP contribution in [0.3, 0.4) is 0 Å². The molecule has 1 N–H and O–H groups in total. The number of halogens is 3. The number of benzene rings is 1. The fourth-order valence-electron chi connectivity index (χ4n) is 3.20. The monoisotopic (exact) mass is 421 g/mol. The second kappa shape index (κ2) is 7.44. The number of carboxylic acid groups (broad SMARTS) is 1. The SMILES string of the molecule is O=C(O)C=C1CCN(c2nc(-c3cc(F)c(Cl)cc3F)nc3ccsc23)CC1. The molecule has 9 heteroatoms. The fraction of sp³-hybridized carbons (Fsp3) is 0.211. The minimum absolute atomic E-state index is 0.0558. The molecule has 0 spiro atoms. The molecule has 1 saturated heterocycles. The lowest BCUT2D eigenvalue weighted by Gasteiger charge is -2.29. The summed E-state index contributed by atoms with van der Waals surface area (Å²) < 4.78 is 29.1. The predicted octanol–water partition coefficient (Wildman–Crippen LogP) is 4.90. The van der Waals surface area contributed by atoms with Crippen molar-refractivity contribution in [1.82, 2.24) is 9.97 Å². The van der Waals surface area contributed by atoms with Crippen molar-refractivity contribution in [2.24, 2.45) is 0 Å². The number of carbonyl (C=O) groups is 1. The zero-order chi connectivity index (χ0) is 19.8. The summed E-state index contributed by atoms with van der Waals surface area (Å²) in [5.74, 6) is -1.67. The Bertz CT molecular complexity index is 1110. The van der Waals surface area contributed by atoms with E-state index >= 15 is 0 Å². The maximum absolute atomic E-state index is 14.4. The van der Waals surface area contributed by atoms with Crippen LogP contribution >= 0.6 is 22.9 Å². The van der Waals surface area contributed by atoms with E-state index in [1.54, 1.807) is 6.07 Å². The maximum Gasteiger partial charge on any atom is 0.328 e. The first-order valence-corrected chi connectivity index (χ1v) is 9.75. The summed E-state index contributed by atoms with van der Waals surface area (Å²) >= 11 is 7.11. The zero-order valence-electron chi connectivity index (χ0n) is 14.5. The summed E-state index contributed by atoms with van der Waals surface area (Å²) in [5.41, 5.74) is 1.46. The van der Waals surface area contributed by atoms with Gasteiger partial charge < -0.3 is 10.0 Å². The Morgan fingerprint density at radius 3 is 2.68 bits per heavy atom. The Kier molecular flexibility index (Phi) is 4.99. The van der Waals surface area contributed by atoms with Crippen molar-refractivity contribution >= 4 is 44.9 Å². The number of aliphatic carboxylic acids is 1. The first-order chi connectivity index (χ1) is 13.4. The van der Waals surface area contributed by atoms with Crippen LogP contribution in [0.4, 0.5) is 14.6 Å². The second-order valence-corrected chi connectivity index (χ2v) is 7.70. The molecule has 0 amide bonds. The summed E-state index contributed by atoms with van der Waals surface area (Å²) in [6.45, 7) is 1.17. The zero-order valence-corrected chi connectivity index (χ0v) is 16.0. The molecule has 0 aliphatic carbocycles. The van der Waals surface area contributed by atoms with E-state index in [9.17, 15) is 13.6 Å². The lowest BCUT2D eigenvalue weighted by molar-refractivity contribution is -0.131. The lowest BCUT2D eigenvalue weighted by atomic mass is 10.0. The van der Waals surface area contributed by atoms with Gasteiger partial charge in [0.2, 0.25) is 0 Å². The minimum atomic E-state index is -0.950. The van der Waals surface area contributed by atoms with Crippen molar-refractivity contribution in [2.45, 2.75) is 12.8 Å². The molecule has 1 aromatic carbocycles. The Labute approximate surface area is 167 Å². The van der Waals surface area contributed by atoms with E-state index < -0.39 is 17.6 Å². The van der Waals surface area contributed by atoms with Crippen LogP contribution in [-0.4, -0.2) is 34.1 Å². The third-order valence-corrected chi connectivity index (χ3v) is 5.76. The van der Waals surface area contributed by atoms with Gasteiger partial charge in [0.05, 0.1) is 20.8 Å². The molecule has 2 aromatic heterocycles. The molecule has 0 bridgehead atoms. The molecule has 3 aromatic rings. The highest BCUT2D eigenvalue weighted by Crippen LogP contribution is 2.34. The number of rotatable bonds is 3. The van der Waals surface area contributed by atoms with Gasteiger partial charge in [-0.2, -0.15) is 0 Å². The van der Waals surface area contributed by atoms with Gasteiger partial charge in [0.25, 0.3) is 0 Å². The molecular weight excluding hydrogens is 408 g/mol. The average Bonchev–Trinajstić information content (AvgIpc) is 3.13. The van der Waals surface area contributed by atoms with Gasteiger partial charge in [0.1, 0.15) is 11.6 Å². The number of thiophene rings is 1. The first kappa shape index (κ1) is 18.8. The Morgan fingerprint density at radius 1 is 1.21 bits per heavy atom. The fourth-order valence-corrected chi connectivity index (χ4v) is 4.20. The number of fused-ring (bicyclic) bond motifs is 1. The summed E-state index contributed by atoms with van der Waals surface area (Å²) in [5, 5.41) is 10.5. The van der Waals surface area contributed by atoms with E-state index in [-0.39, 0.29) is 16.4 Å². The van der Waals surface area contributed by atoms with Gasteiger partial charge in [-0.05, 0) is 36.4 Å². The van der Waals surface area contributed by atoms with Crippen molar-refractivity contribution in [3.63, 3.8) is 0 Å². The molecule has 0 radical (unpaired) electrons. The normalized spacial score (nSPS) is 14.5. The Balaban J connectivity index is 1.75. The number of piperidine rings is 1. The third-order valence-electron chi connectivity index (χ3n) is 4.57. The lowest BCUT2D eigenvalue weighted by Crippen LogP contribution is -2.31. The highest BCUT2D eigenvalue weighted by molar-refractivity contribution is 7.17. The number of carboxylic acids is 1. The van der Waals surface area contributed by atoms with Gasteiger partial charge in [-0.25, -0.2) is 23.5 Å². The Morgan fingerprint density at radius 2 is 1.96 bits per heavy atom. The number of anilines is 1. The van der Waals surface area contributed by atoms with Crippen LogP contribution in [0, 0.1) is 11.6 Å². The molecule has 4 rings (SSSR count). The smallest absolute Gasteiger partial charge is 0.328 e. The van der Waals surface area contributed by atoms with Gasteiger partial charge in [-0.15, -0.1) is 11.3 Å². The van der Waals surface area contributed by atoms with Gasteiger partial charge >= 0.3 is 5.97 Å². The number of aromatic nitrogens is 2. The highest BCUT2D eigenvalue weighted by atomic mass is 35.5. The predicted molar refractivity (Wildman–Crippen MR) is 105 cm³/mol. The number of nitrogens with zero attached hydrogens (tertiary/aromatic N) is 3. The number of hydrogen-bond donors (Lipinski definition) is 1. The summed E-state index contributed by atoms with van der Waals surface area (Å²) in [4.78, 5) is 21.8. The molecule has 1 aliphatic rings. The minimum Gasteiger partial charge on any atom is -0.478 e. The topological polar surface area (TPSA) is 66.3 Å². The summed E-state index contributed by atoms with van der Waals surface area (Å²) in [6, 6.07) is 3.72. The van der Waals surface area contributed by atoms with Crippen molar-refractivity contribution in [3.05, 3.63) is 51.9 Å². The Hall–Kier alpha value is -2.58. The molecule has 0 unspecified atom stereocenters. The van der Waals surface area contributed by atoms with Crippen molar-refractivity contribution < 1.29 is 18.7 Å². The van der Waals surface area contributed by atoms with E-state index in [1.807, 2.05) is 10.3 Å². The molecule has 3 heterocycles. The largest absolute Gasteiger partial charge is 0.478 e. The summed E-state index contributed by atoms with van der Waals surface area (Å²) in [6.07, 6.45) is 2.44. The van der Waals surface area contributed by atoms with E-state index in [0.29, 0.717) is 37.3 Å². The van der Waals surface area contributed by atoms with E-state index in [4.69, 9.17) is 16.7 Å². The van der Waals surface area contributed by atoms with Crippen LogP contribution in [0.2, 0.25) is 5.02 Å². The standard InChI is InChI=1S/C19H14ClF2N3O2S/c20-12-9-13(21)11(8-14(12)22)18-23-15-3-6-28-17(15)19(24-18)25-4-1-10(2-5-25)7-16(26)27/h3,6-9H,1-2,4-5H2,(H,26,27). The second-order valence-electron chi connectivity index (χ2n) is 6.38. The van der Waals surface area contributed by atoms with Crippen molar-refractivity contribution in [1.29, 1.82) is 0 Å². The third kappa shape index (κ3) is 3.57. The van der Waals surface area contributed by atoms with E-state index in [1.165, 1.54) is 17.4 Å². The van der Waals surface area contributed by atoms with Gasteiger partial charge in [0, 0.05) is 19.2 Å². The van der Waals surface area contributed by atoms with Crippen LogP contribution in [0.1, 0.15) is 12.8 Å². The molecule has 144 valence electrons. The van der Waals surface area contributed by atoms with Gasteiger partial charge in [-0.3, -0.25) is 0 Å². The van der Waals surface area contributed by atoms with Crippen LogP contribution < -0.4 is 4.90 Å². The molecule has 1 aliphatic heterocycles. The van der Waals surface area contributed by atoms with Crippen molar-refractivity contribution in [3.8, 4) is 11.4 Å². The highest BCUT2D eigenvalue weighted by Gasteiger charge is 2.22. The van der Waals surface area contributed by atoms with E-state index in [2.05, 4.69) is 9.97 Å². The number of hydrogen-bond acceptors (Lipinski definition) is 5. The van der Waals surface area contributed by atoms with Crippen molar-refractivity contribution in [2.75, 3.05) is 18.0 Å². The average molecular weight is 422 g/mol. The van der Waals surface area contributed by atoms with Gasteiger partial charge in [-0.1, -0.05) is 17.2 Å². The quantitative estimate of drug-likeness (QED) is 0.481. The van der Waals surface area contributed by atoms with Crippen LogP contribution in [0.15, 0.2) is 35.2 Å². The van der Waals surface area contributed by atoms with E-state index in [0.717, 1.165) is 22.4 Å². The molecule has 1 fully saturated rings.